The molecule has 3 rings (SSSR count). The van der Waals surface area contributed by atoms with Crippen LogP contribution >= 0.6 is 22.6 Å². The summed E-state index contributed by atoms with van der Waals surface area (Å²) in [4.78, 5) is 3.80. The molecule has 0 spiro atoms. The van der Waals surface area contributed by atoms with Crippen LogP contribution in [0.2, 0.25) is 0 Å². The number of aromatic nitrogens is 1. The molecule has 2 aromatic carbocycles. The summed E-state index contributed by atoms with van der Waals surface area (Å²) in [5, 5.41) is 0.723. The van der Waals surface area contributed by atoms with Crippen LogP contribution in [0.4, 0.5) is 13.2 Å². The molecule has 0 saturated carbocycles. The minimum Gasteiger partial charge on any atom is -0.242 e. The Bertz CT molecular complexity index is 798. The second-order valence-corrected chi connectivity index (χ2v) is 5.61. The van der Waals surface area contributed by atoms with Gasteiger partial charge in [-0.05, 0) is 34.2 Å². The standard InChI is InChI=1S/C16H9F3IN/c17-16(18,19)15-14(20)13(10-6-2-1-3-7-10)11-8-4-5-9-12(11)21-15/h1-9H. The molecule has 0 aliphatic rings. The number of rotatable bonds is 1. The lowest BCUT2D eigenvalue weighted by molar-refractivity contribution is -0.141. The first-order valence-corrected chi connectivity index (χ1v) is 7.27. The van der Waals surface area contributed by atoms with E-state index in [-0.39, 0.29) is 3.57 Å². The molecule has 0 saturated heterocycles. The van der Waals surface area contributed by atoms with Crippen molar-refractivity contribution in [1.29, 1.82) is 0 Å². The lowest BCUT2D eigenvalue weighted by Crippen LogP contribution is -2.12. The highest BCUT2D eigenvalue weighted by atomic mass is 127. The fourth-order valence-electron chi connectivity index (χ4n) is 2.26. The highest BCUT2D eigenvalue weighted by Crippen LogP contribution is 2.39. The average molecular weight is 399 g/mol. The monoisotopic (exact) mass is 399 g/mol. The van der Waals surface area contributed by atoms with Gasteiger partial charge in [-0.15, -0.1) is 0 Å². The van der Waals surface area contributed by atoms with Gasteiger partial charge in [-0.2, -0.15) is 13.2 Å². The summed E-state index contributed by atoms with van der Waals surface area (Å²) in [6.07, 6.45) is -4.47. The first-order chi connectivity index (χ1) is 9.98. The maximum atomic E-state index is 13.2. The van der Waals surface area contributed by atoms with E-state index in [1.54, 1.807) is 46.9 Å². The zero-order chi connectivity index (χ0) is 15.0. The Morgan fingerprint density at radius 1 is 0.857 bits per heavy atom. The number of benzene rings is 2. The van der Waals surface area contributed by atoms with Crippen molar-refractivity contribution >= 4 is 33.5 Å². The Labute approximate surface area is 133 Å². The van der Waals surface area contributed by atoms with Gasteiger partial charge < -0.3 is 0 Å². The maximum absolute atomic E-state index is 13.2. The van der Waals surface area contributed by atoms with E-state index in [4.69, 9.17) is 0 Å². The lowest BCUT2D eigenvalue weighted by Gasteiger charge is -2.15. The predicted octanol–water partition coefficient (Wildman–Crippen LogP) is 5.53. The highest BCUT2D eigenvalue weighted by Gasteiger charge is 2.36. The van der Waals surface area contributed by atoms with E-state index in [0.29, 0.717) is 11.1 Å². The molecule has 3 aromatic rings. The van der Waals surface area contributed by atoms with E-state index in [1.807, 2.05) is 30.3 Å². The molecule has 1 heterocycles. The number of nitrogens with zero attached hydrogens (tertiary/aromatic N) is 1. The van der Waals surface area contributed by atoms with Crippen LogP contribution in [0, 0.1) is 3.57 Å². The molecule has 21 heavy (non-hydrogen) atoms. The van der Waals surface area contributed by atoms with Crippen LogP contribution in [0.5, 0.6) is 0 Å². The van der Waals surface area contributed by atoms with Crippen LogP contribution in [0.15, 0.2) is 54.6 Å². The molecular formula is C16H9F3IN. The predicted molar refractivity (Wildman–Crippen MR) is 84.9 cm³/mol. The van der Waals surface area contributed by atoms with Gasteiger partial charge in [0.05, 0.1) is 9.09 Å². The van der Waals surface area contributed by atoms with E-state index in [2.05, 4.69) is 4.98 Å². The molecule has 5 heteroatoms. The summed E-state index contributed by atoms with van der Waals surface area (Å²) in [7, 11) is 0. The second-order valence-electron chi connectivity index (χ2n) is 4.53. The van der Waals surface area contributed by atoms with Gasteiger partial charge in [-0.25, -0.2) is 4.98 Å². The van der Waals surface area contributed by atoms with E-state index < -0.39 is 11.9 Å². The van der Waals surface area contributed by atoms with Crippen molar-refractivity contribution in [1.82, 2.24) is 4.98 Å². The molecule has 0 unspecified atom stereocenters. The molecular weight excluding hydrogens is 390 g/mol. The van der Waals surface area contributed by atoms with E-state index in [9.17, 15) is 13.2 Å². The van der Waals surface area contributed by atoms with Crippen molar-refractivity contribution in [2.75, 3.05) is 0 Å². The average Bonchev–Trinajstić information content (AvgIpc) is 2.46. The number of para-hydroxylation sites is 1. The number of fused-ring (bicyclic) bond motifs is 1. The van der Waals surface area contributed by atoms with Crippen molar-refractivity contribution in [3.05, 3.63) is 63.9 Å². The number of hydrogen-bond donors (Lipinski definition) is 0. The first kappa shape index (κ1) is 14.3. The molecule has 106 valence electrons. The zero-order valence-electron chi connectivity index (χ0n) is 10.7. The third kappa shape index (κ3) is 2.62. The van der Waals surface area contributed by atoms with E-state index in [0.717, 1.165) is 10.9 Å². The highest BCUT2D eigenvalue weighted by molar-refractivity contribution is 14.1. The van der Waals surface area contributed by atoms with E-state index >= 15 is 0 Å². The van der Waals surface area contributed by atoms with Gasteiger partial charge in [0.15, 0.2) is 5.69 Å². The van der Waals surface area contributed by atoms with Crippen molar-refractivity contribution in [2.24, 2.45) is 0 Å². The van der Waals surface area contributed by atoms with Gasteiger partial charge in [0.1, 0.15) is 0 Å². The quantitative estimate of drug-likeness (QED) is 0.491. The normalized spacial score (nSPS) is 11.8. The molecule has 0 aliphatic heterocycles. The van der Waals surface area contributed by atoms with Gasteiger partial charge in [-0.3, -0.25) is 0 Å². The van der Waals surface area contributed by atoms with Crippen LogP contribution in [-0.4, -0.2) is 4.98 Å². The van der Waals surface area contributed by atoms with Crippen LogP contribution < -0.4 is 0 Å². The van der Waals surface area contributed by atoms with Crippen LogP contribution in [0.3, 0.4) is 0 Å². The van der Waals surface area contributed by atoms with Crippen LogP contribution in [-0.2, 0) is 6.18 Å². The van der Waals surface area contributed by atoms with Crippen molar-refractivity contribution in [3.63, 3.8) is 0 Å². The Balaban J connectivity index is 2.43. The minimum atomic E-state index is -4.47. The summed E-state index contributed by atoms with van der Waals surface area (Å²) in [5.74, 6) is 0. The molecule has 0 fully saturated rings. The molecule has 0 amide bonds. The smallest absolute Gasteiger partial charge is 0.242 e. The molecule has 0 bridgehead atoms. The van der Waals surface area contributed by atoms with Gasteiger partial charge in [0.25, 0.3) is 0 Å². The first-order valence-electron chi connectivity index (χ1n) is 6.19. The van der Waals surface area contributed by atoms with Gasteiger partial charge in [0.2, 0.25) is 0 Å². The van der Waals surface area contributed by atoms with Crippen LogP contribution in [0.25, 0.3) is 22.0 Å². The zero-order valence-corrected chi connectivity index (χ0v) is 12.8. The van der Waals surface area contributed by atoms with Crippen LogP contribution in [0.1, 0.15) is 5.69 Å². The SMILES string of the molecule is FC(F)(F)c1nc2ccccc2c(-c2ccccc2)c1I. The molecule has 1 aromatic heterocycles. The van der Waals surface area contributed by atoms with Gasteiger partial charge in [-0.1, -0.05) is 48.5 Å². The maximum Gasteiger partial charge on any atom is 0.434 e. The summed E-state index contributed by atoms with van der Waals surface area (Å²) >= 11 is 1.74. The largest absolute Gasteiger partial charge is 0.434 e. The Kier molecular flexibility index (Phi) is 3.61. The van der Waals surface area contributed by atoms with Crippen molar-refractivity contribution in [2.45, 2.75) is 6.18 Å². The summed E-state index contributed by atoms with van der Waals surface area (Å²) in [6, 6.07) is 16.0. The molecule has 1 nitrogen and oxygen atoms in total. The second kappa shape index (κ2) is 5.29. The fraction of sp³-hybridized carbons (Fsp3) is 0.0625. The minimum absolute atomic E-state index is 0.130. The summed E-state index contributed by atoms with van der Waals surface area (Å²) < 4.78 is 39.7. The molecule has 0 aliphatic carbocycles. The lowest BCUT2D eigenvalue weighted by atomic mass is 10.00. The summed E-state index contributed by atoms with van der Waals surface area (Å²) in [5.41, 5.74) is 0.852. The summed E-state index contributed by atoms with van der Waals surface area (Å²) in [6.45, 7) is 0. The van der Waals surface area contributed by atoms with E-state index in [1.165, 1.54) is 0 Å². The Morgan fingerprint density at radius 2 is 1.48 bits per heavy atom. The van der Waals surface area contributed by atoms with Gasteiger partial charge in [0, 0.05) is 10.9 Å². The number of hydrogen-bond acceptors (Lipinski definition) is 1. The topological polar surface area (TPSA) is 12.9 Å². The van der Waals surface area contributed by atoms with Gasteiger partial charge >= 0.3 is 6.18 Å². The Hall–Kier alpha value is -1.63. The van der Waals surface area contributed by atoms with Crippen molar-refractivity contribution in [3.8, 4) is 11.1 Å². The number of pyridine rings is 1. The number of alkyl halides is 3. The fourth-order valence-corrected chi connectivity index (χ4v) is 3.29. The van der Waals surface area contributed by atoms with Crippen molar-refractivity contribution < 1.29 is 13.2 Å². The molecule has 0 N–H and O–H groups in total. The molecule has 0 atom stereocenters. The third-order valence-electron chi connectivity index (χ3n) is 3.16. The molecule has 0 radical (unpaired) electrons. The Morgan fingerprint density at radius 3 is 2.14 bits per heavy atom. The third-order valence-corrected chi connectivity index (χ3v) is 4.21. The number of halogens is 4.